The summed E-state index contributed by atoms with van der Waals surface area (Å²) in [6, 6.07) is 0.0557. The van der Waals surface area contributed by atoms with Crippen LogP contribution in [0.1, 0.15) is 25.8 Å². The van der Waals surface area contributed by atoms with Crippen molar-refractivity contribution in [3.63, 3.8) is 0 Å². The fourth-order valence-electron chi connectivity index (χ4n) is 1.20. The van der Waals surface area contributed by atoms with Gasteiger partial charge in [-0.3, -0.25) is 0 Å². The molecule has 1 rings (SSSR count). The Kier molecular flexibility index (Phi) is 5.73. The highest BCUT2D eigenvalue weighted by molar-refractivity contribution is 8.00. The average molecular weight is 284 g/mol. The minimum absolute atomic E-state index is 0.0809. The lowest BCUT2D eigenvalue weighted by Crippen LogP contribution is -2.17. The smallest absolute Gasteiger partial charge is 0.406 e. The lowest BCUT2D eigenvalue weighted by molar-refractivity contribution is -0.0327. The Morgan fingerprint density at radius 3 is 2.72 bits per heavy atom. The molecule has 0 bridgehead atoms. The molecule has 0 aliphatic carbocycles. The molecule has 9 heteroatoms. The van der Waals surface area contributed by atoms with Gasteiger partial charge in [0.25, 0.3) is 0 Å². The molecule has 1 atom stereocenters. The molecule has 0 amide bonds. The molecule has 0 saturated carbocycles. The Balaban J connectivity index is 2.31. The third-order valence-electron chi connectivity index (χ3n) is 1.97. The first-order valence-electron chi connectivity index (χ1n) is 5.43. The highest BCUT2D eigenvalue weighted by atomic mass is 32.2. The summed E-state index contributed by atoms with van der Waals surface area (Å²) in [5.41, 5.74) is -4.21. The number of hydrogen-bond acceptors (Lipinski definition) is 6. The minimum Gasteiger partial charge on any atom is -0.406 e. The molecule has 0 spiro atoms. The largest absolute Gasteiger partial charge is 0.441 e. The van der Waals surface area contributed by atoms with Crippen LogP contribution in [-0.2, 0) is 0 Å². The van der Waals surface area contributed by atoms with E-state index in [1.807, 2.05) is 13.8 Å². The molecule has 1 aromatic rings. The fourth-order valence-corrected chi connectivity index (χ4v) is 1.63. The predicted octanol–water partition coefficient (Wildman–Crippen LogP) is 2.41. The van der Waals surface area contributed by atoms with Gasteiger partial charge in [0.15, 0.2) is 0 Å². The molecule has 18 heavy (non-hydrogen) atoms. The van der Waals surface area contributed by atoms with Gasteiger partial charge in [-0.25, -0.2) is 0 Å². The van der Waals surface area contributed by atoms with Gasteiger partial charge in [0.1, 0.15) is 0 Å². The van der Waals surface area contributed by atoms with Crippen LogP contribution in [0.5, 0.6) is 0 Å². The van der Waals surface area contributed by atoms with Crippen molar-refractivity contribution in [2.45, 2.75) is 25.4 Å². The van der Waals surface area contributed by atoms with Gasteiger partial charge in [0.2, 0.25) is 5.89 Å². The summed E-state index contributed by atoms with van der Waals surface area (Å²) < 4.78 is 40.8. The third-order valence-corrected chi connectivity index (χ3v) is 2.70. The van der Waals surface area contributed by atoms with Crippen molar-refractivity contribution in [2.24, 2.45) is 0 Å². The molecule has 2 N–H and O–H groups in total. The maximum atomic E-state index is 11.9. The van der Waals surface area contributed by atoms with Gasteiger partial charge >= 0.3 is 11.5 Å². The van der Waals surface area contributed by atoms with Gasteiger partial charge in [-0.05, 0) is 25.2 Å². The normalized spacial score (nSPS) is 13.6. The van der Waals surface area contributed by atoms with Crippen LogP contribution in [0.4, 0.5) is 19.2 Å². The lowest BCUT2D eigenvalue weighted by Gasteiger charge is -2.06. The summed E-state index contributed by atoms with van der Waals surface area (Å²) in [6.45, 7) is 4.68. The first-order chi connectivity index (χ1) is 8.42. The van der Waals surface area contributed by atoms with Crippen molar-refractivity contribution < 1.29 is 17.6 Å². The van der Waals surface area contributed by atoms with Crippen LogP contribution in [0.15, 0.2) is 4.42 Å². The van der Waals surface area contributed by atoms with Gasteiger partial charge in [-0.1, -0.05) is 12.0 Å². The molecule has 1 aromatic heterocycles. The van der Waals surface area contributed by atoms with Crippen LogP contribution in [0.2, 0.25) is 0 Å². The highest BCUT2D eigenvalue weighted by Gasteiger charge is 2.27. The second-order valence-corrected chi connectivity index (χ2v) is 4.61. The molecule has 0 saturated heterocycles. The third kappa shape index (κ3) is 5.58. The van der Waals surface area contributed by atoms with Crippen LogP contribution in [-0.4, -0.2) is 34.5 Å². The highest BCUT2D eigenvalue weighted by Crippen LogP contribution is 2.29. The SMILES string of the molecule is CCNC(C)c1nnc(NCCSC(F)(F)F)o1. The maximum absolute atomic E-state index is 11.9. The summed E-state index contributed by atoms with van der Waals surface area (Å²) >= 11 is -0.0907. The number of rotatable bonds is 7. The molecular weight excluding hydrogens is 269 g/mol. The van der Waals surface area contributed by atoms with Crippen LogP contribution in [0, 0.1) is 0 Å². The Bertz CT molecular complexity index is 358. The van der Waals surface area contributed by atoms with Gasteiger partial charge < -0.3 is 15.1 Å². The monoisotopic (exact) mass is 284 g/mol. The average Bonchev–Trinajstić information content (AvgIpc) is 2.72. The van der Waals surface area contributed by atoms with Crippen molar-refractivity contribution in [1.29, 1.82) is 0 Å². The molecule has 104 valence electrons. The number of aromatic nitrogens is 2. The van der Waals surface area contributed by atoms with E-state index < -0.39 is 5.51 Å². The topological polar surface area (TPSA) is 63.0 Å². The Morgan fingerprint density at radius 1 is 1.39 bits per heavy atom. The number of anilines is 1. The van der Waals surface area contributed by atoms with Crippen LogP contribution >= 0.6 is 11.8 Å². The van der Waals surface area contributed by atoms with Crippen molar-refractivity contribution in [3.05, 3.63) is 5.89 Å². The molecule has 0 aromatic carbocycles. The molecule has 0 fully saturated rings. The molecule has 0 aliphatic rings. The molecular formula is C9H15F3N4OS. The summed E-state index contributed by atoms with van der Waals surface area (Å²) in [6.07, 6.45) is 0. The van der Waals surface area contributed by atoms with Gasteiger partial charge in [0, 0.05) is 12.3 Å². The van der Waals surface area contributed by atoms with E-state index in [4.69, 9.17) is 4.42 Å². The van der Waals surface area contributed by atoms with E-state index in [2.05, 4.69) is 20.8 Å². The summed E-state index contributed by atoms with van der Waals surface area (Å²) in [5.74, 6) is 0.298. The summed E-state index contributed by atoms with van der Waals surface area (Å²) in [5, 5.41) is 13.2. The number of alkyl halides is 3. The van der Waals surface area contributed by atoms with Crippen LogP contribution in [0.3, 0.4) is 0 Å². The van der Waals surface area contributed by atoms with Crippen molar-refractivity contribution >= 4 is 17.8 Å². The van der Waals surface area contributed by atoms with Crippen molar-refractivity contribution in [1.82, 2.24) is 15.5 Å². The first-order valence-corrected chi connectivity index (χ1v) is 6.42. The molecule has 1 unspecified atom stereocenters. The van der Waals surface area contributed by atoms with Gasteiger partial charge in [-0.2, -0.15) is 13.2 Å². The zero-order valence-electron chi connectivity index (χ0n) is 10.0. The second kappa shape index (κ2) is 6.83. The van der Waals surface area contributed by atoms with Gasteiger partial charge in [-0.15, -0.1) is 5.10 Å². The minimum atomic E-state index is -4.21. The fraction of sp³-hybridized carbons (Fsp3) is 0.778. The number of halogens is 3. The van der Waals surface area contributed by atoms with Gasteiger partial charge in [0.05, 0.1) is 6.04 Å². The van der Waals surface area contributed by atoms with E-state index in [-0.39, 0.29) is 36.1 Å². The Hall–Kier alpha value is -0.960. The number of thioether (sulfide) groups is 1. The zero-order chi connectivity index (χ0) is 13.6. The molecule has 1 heterocycles. The molecule has 0 radical (unpaired) electrons. The van der Waals surface area contributed by atoms with Crippen LogP contribution in [0.25, 0.3) is 0 Å². The number of nitrogens with zero attached hydrogens (tertiary/aromatic N) is 2. The van der Waals surface area contributed by atoms with E-state index in [1.54, 1.807) is 0 Å². The predicted molar refractivity (Wildman–Crippen MR) is 63.4 cm³/mol. The summed E-state index contributed by atoms with van der Waals surface area (Å²) in [4.78, 5) is 0. The van der Waals surface area contributed by atoms with Crippen molar-refractivity contribution in [3.8, 4) is 0 Å². The standard InChI is InChI=1S/C9H15F3N4OS/c1-3-13-6(2)7-15-16-8(17-7)14-4-5-18-9(10,11)12/h6,13H,3-5H2,1-2H3,(H,14,16). The zero-order valence-corrected chi connectivity index (χ0v) is 10.9. The Labute approximate surface area is 107 Å². The van der Waals surface area contributed by atoms with Crippen molar-refractivity contribution in [2.75, 3.05) is 24.2 Å². The van der Waals surface area contributed by atoms with E-state index in [0.717, 1.165) is 6.54 Å². The molecule has 5 nitrogen and oxygen atoms in total. The second-order valence-electron chi connectivity index (χ2n) is 3.45. The van der Waals surface area contributed by atoms with E-state index >= 15 is 0 Å². The Morgan fingerprint density at radius 2 is 2.11 bits per heavy atom. The molecule has 0 aliphatic heterocycles. The quantitative estimate of drug-likeness (QED) is 0.750. The maximum Gasteiger partial charge on any atom is 0.441 e. The summed E-state index contributed by atoms with van der Waals surface area (Å²) in [7, 11) is 0. The first kappa shape index (κ1) is 15.1. The number of hydrogen-bond donors (Lipinski definition) is 2. The van der Waals surface area contributed by atoms with E-state index in [1.165, 1.54) is 0 Å². The van der Waals surface area contributed by atoms with Crippen LogP contribution < -0.4 is 10.6 Å². The lowest BCUT2D eigenvalue weighted by atomic mass is 10.3. The van der Waals surface area contributed by atoms with E-state index in [9.17, 15) is 13.2 Å². The number of nitrogens with one attached hydrogen (secondary N) is 2. The van der Waals surface area contributed by atoms with E-state index in [0.29, 0.717) is 5.89 Å².